The Balaban J connectivity index is 1.49. The van der Waals surface area contributed by atoms with Crippen LogP contribution in [0.4, 0.5) is 34.1 Å². The van der Waals surface area contributed by atoms with Crippen molar-refractivity contribution in [1.29, 1.82) is 0 Å². The third kappa shape index (κ3) is 6.81. The van der Waals surface area contributed by atoms with Gasteiger partial charge in [-0.25, -0.2) is 0 Å². The number of hydrogen-bond acceptors (Lipinski definition) is 2. The zero-order valence-corrected chi connectivity index (χ0v) is 36.8. The second kappa shape index (κ2) is 14.7. The second-order valence-electron chi connectivity index (χ2n) is 19.2. The molecule has 0 aliphatic rings. The van der Waals surface area contributed by atoms with Crippen molar-refractivity contribution in [2.24, 2.45) is 0 Å². The average Bonchev–Trinajstić information content (AvgIpc) is 3.18. The lowest BCUT2D eigenvalue weighted by molar-refractivity contribution is 0.590. The quantitative estimate of drug-likeness (QED) is 0.142. The largest absolute Gasteiger partial charge is 0.310 e. The molecule has 0 heterocycles. The summed E-state index contributed by atoms with van der Waals surface area (Å²) in [4.78, 5) is 5.03. The van der Waals surface area contributed by atoms with Crippen molar-refractivity contribution in [2.75, 3.05) is 9.80 Å². The molecule has 0 bridgehead atoms. The highest BCUT2D eigenvalue weighted by Gasteiger charge is 2.27. The number of nitrogens with zero attached hydrogens (tertiary/aromatic N) is 2. The zero-order valence-electron chi connectivity index (χ0n) is 36.8. The van der Waals surface area contributed by atoms with Crippen LogP contribution in [-0.2, 0) is 10.8 Å². The topological polar surface area (TPSA) is 6.48 Å². The van der Waals surface area contributed by atoms with Crippen molar-refractivity contribution in [2.45, 2.75) is 106 Å². The van der Waals surface area contributed by atoms with Crippen LogP contribution >= 0.6 is 0 Å². The maximum absolute atomic E-state index is 2.51. The van der Waals surface area contributed by atoms with Crippen LogP contribution in [0.15, 0.2) is 133 Å². The molecule has 0 saturated heterocycles. The Labute approximate surface area is 347 Å². The highest BCUT2D eigenvalue weighted by molar-refractivity contribution is 6.29. The molecule has 0 spiro atoms. The molecule has 2 heteroatoms. The Morgan fingerprint density at radius 3 is 1.02 bits per heavy atom. The molecule has 8 aromatic rings. The predicted molar refractivity (Wildman–Crippen MR) is 255 cm³/mol. The van der Waals surface area contributed by atoms with E-state index in [1.54, 1.807) is 0 Å². The molecular formula is C56H60N2. The second-order valence-corrected chi connectivity index (χ2v) is 19.2. The van der Waals surface area contributed by atoms with E-state index >= 15 is 0 Å². The molecule has 0 saturated carbocycles. The van der Waals surface area contributed by atoms with E-state index in [0.717, 1.165) is 0 Å². The van der Waals surface area contributed by atoms with Gasteiger partial charge in [0, 0.05) is 33.5 Å². The van der Waals surface area contributed by atoms with Crippen LogP contribution in [0.3, 0.4) is 0 Å². The molecule has 0 amide bonds. The average molecular weight is 761 g/mol. The minimum absolute atomic E-state index is 0.0659. The predicted octanol–water partition coefficient (Wildman–Crippen LogP) is 17.0. The van der Waals surface area contributed by atoms with Crippen LogP contribution < -0.4 is 9.80 Å². The Morgan fingerprint density at radius 1 is 0.379 bits per heavy atom. The van der Waals surface area contributed by atoms with Gasteiger partial charge in [0.2, 0.25) is 0 Å². The van der Waals surface area contributed by atoms with E-state index < -0.39 is 0 Å². The summed E-state index contributed by atoms with van der Waals surface area (Å²) in [5.74, 6) is 0.637. The summed E-state index contributed by atoms with van der Waals surface area (Å²) in [5.41, 5.74) is 15.2. The Morgan fingerprint density at radius 2 is 0.707 bits per heavy atom. The van der Waals surface area contributed by atoms with Gasteiger partial charge in [-0.2, -0.15) is 0 Å². The molecular weight excluding hydrogens is 701 g/mol. The van der Waals surface area contributed by atoms with Gasteiger partial charge in [-0.05, 0) is 140 Å². The van der Waals surface area contributed by atoms with Gasteiger partial charge >= 0.3 is 0 Å². The fourth-order valence-corrected chi connectivity index (χ4v) is 9.00. The molecule has 0 aliphatic carbocycles. The summed E-state index contributed by atoms with van der Waals surface area (Å²) < 4.78 is 0. The van der Waals surface area contributed by atoms with E-state index in [2.05, 4.69) is 226 Å². The van der Waals surface area contributed by atoms with Gasteiger partial charge in [0.05, 0.1) is 11.4 Å². The van der Waals surface area contributed by atoms with E-state index in [1.807, 2.05) is 0 Å². The number of hydrogen-bond donors (Lipinski definition) is 0. The number of rotatable bonds is 8. The van der Waals surface area contributed by atoms with Crippen molar-refractivity contribution in [3.63, 3.8) is 0 Å². The van der Waals surface area contributed by atoms with E-state index in [4.69, 9.17) is 0 Å². The van der Waals surface area contributed by atoms with Crippen molar-refractivity contribution in [1.82, 2.24) is 0 Å². The number of benzene rings is 8. The standard InChI is InChI=1S/C56H60N2/c1-35(2)47-33-51(57(49-19-15-13-17-37(49)5)41-25-21-39(22-26-41)55(7,8)9)45-32-30-44-48(36(3)4)34-52(46-31-29-43(47)53(45)54(44)46)58(50-20-16-14-18-38(50)6)42-27-23-40(24-28-42)56(10,11)12/h13-36H,1-12H3. The summed E-state index contributed by atoms with van der Waals surface area (Å²) in [6.07, 6.45) is 0. The van der Waals surface area contributed by atoms with Gasteiger partial charge in [0.15, 0.2) is 0 Å². The summed E-state index contributed by atoms with van der Waals surface area (Å²) in [5, 5.41) is 7.90. The lowest BCUT2D eigenvalue weighted by atomic mass is 9.83. The summed E-state index contributed by atoms with van der Waals surface area (Å²) in [6, 6.07) is 50.8. The third-order valence-electron chi connectivity index (χ3n) is 12.3. The first kappa shape index (κ1) is 39.2. The summed E-state index contributed by atoms with van der Waals surface area (Å²) in [6.45, 7) is 27.6. The van der Waals surface area contributed by atoms with Crippen molar-refractivity contribution < 1.29 is 0 Å². The number of aryl methyl sites for hydroxylation is 2. The molecule has 0 aromatic heterocycles. The van der Waals surface area contributed by atoms with Crippen molar-refractivity contribution in [3.8, 4) is 0 Å². The van der Waals surface area contributed by atoms with Gasteiger partial charge in [-0.1, -0.05) is 154 Å². The molecule has 0 fully saturated rings. The maximum atomic E-state index is 2.51. The lowest BCUT2D eigenvalue weighted by Gasteiger charge is -2.33. The molecule has 0 atom stereocenters. The highest BCUT2D eigenvalue weighted by Crippen LogP contribution is 2.51. The number of para-hydroxylation sites is 2. The van der Waals surface area contributed by atoms with E-state index in [-0.39, 0.29) is 10.8 Å². The van der Waals surface area contributed by atoms with Crippen molar-refractivity contribution in [3.05, 3.63) is 167 Å². The van der Waals surface area contributed by atoms with Gasteiger partial charge in [0.1, 0.15) is 0 Å². The molecule has 0 aliphatic heterocycles. The monoisotopic (exact) mass is 760 g/mol. The van der Waals surface area contributed by atoms with E-state index in [9.17, 15) is 0 Å². The molecule has 294 valence electrons. The van der Waals surface area contributed by atoms with Gasteiger partial charge in [0.25, 0.3) is 0 Å². The fourth-order valence-electron chi connectivity index (χ4n) is 9.00. The Kier molecular flexibility index (Phi) is 9.91. The first-order valence-electron chi connectivity index (χ1n) is 21.3. The molecule has 8 rings (SSSR count). The van der Waals surface area contributed by atoms with Crippen LogP contribution in [0, 0.1) is 13.8 Å². The molecule has 58 heavy (non-hydrogen) atoms. The molecule has 0 radical (unpaired) electrons. The highest BCUT2D eigenvalue weighted by atomic mass is 15.2. The van der Waals surface area contributed by atoms with E-state index in [1.165, 1.54) is 99.8 Å². The van der Waals surface area contributed by atoms with E-state index in [0.29, 0.717) is 11.8 Å². The van der Waals surface area contributed by atoms with Gasteiger partial charge < -0.3 is 9.80 Å². The zero-order chi connectivity index (χ0) is 41.3. The minimum Gasteiger partial charge on any atom is -0.310 e. The van der Waals surface area contributed by atoms with Crippen LogP contribution in [-0.4, -0.2) is 0 Å². The molecule has 0 N–H and O–H groups in total. The van der Waals surface area contributed by atoms with Gasteiger partial charge in [-0.15, -0.1) is 0 Å². The van der Waals surface area contributed by atoms with Crippen molar-refractivity contribution >= 4 is 66.4 Å². The third-order valence-corrected chi connectivity index (χ3v) is 12.3. The maximum Gasteiger partial charge on any atom is 0.0543 e. The molecule has 0 unspecified atom stereocenters. The first-order valence-corrected chi connectivity index (χ1v) is 21.3. The normalized spacial score (nSPS) is 12.4. The summed E-state index contributed by atoms with van der Waals surface area (Å²) >= 11 is 0. The lowest BCUT2D eigenvalue weighted by Crippen LogP contribution is -2.15. The Hall–Kier alpha value is -5.60. The molecule has 2 nitrogen and oxygen atoms in total. The SMILES string of the molecule is Cc1ccccc1N(c1ccc(C(C)(C)C)cc1)c1cc(C(C)C)c2ccc3c(N(c4ccc(C(C)(C)C)cc4)c4ccccc4C)cc(C(C)C)c4ccc1c2c43. The number of anilines is 6. The van der Waals surface area contributed by atoms with Crippen LogP contribution in [0.1, 0.15) is 114 Å². The minimum atomic E-state index is 0.0659. The van der Waals surface area contributed by atoms with Gasteiger partial charge in [-0.3, -0.25) is 0 Å². The fraction of sp³-hybridized carbons (Fsp3) is 0.286. The van der Waals surface area contributed by atoms with Crippen LogP contribution in [0.25, 0.3) is 32.3 Å². The first-order chi connectivity index (χ1) is 27.5. The van der Waals surface area contributed by atoms with Crippen LogP contribution in [0.5, 0.6) is 0 Å². The van der Waals surface area contributed by atoms with Crippen LogP contribution in [0.2, 0.25) is 0 Å². The summed E-state index contributed by atoms with van der Waals surface area (Å²) in [7, 11) is 0. The smallest absolute Gasteiger partial charge is 0.0543 e. The Bertz CT molecular complexity index is 2560. The molecule has 8 aromatic carbocycles.